The van der Waals surface area contributed by atoms with E-state index in [4.69, 9.17) is 23.1 Å². The summed E-state index contributed by atoms with van der Waals surface area (Å²) in [5.41, 5.74) is 7.51. The van der Waals surface area contributed by atoms with Crippen molar-refractivity contribution in [3.8, 4) is 0 Å². The molecule has 1 atom stereocenters. The molecule has 1 unspecified atom stereocenters. The molecule has 1 aliphatic heterocycles. The van der Waals surface area contributed by atoms with Gasteiger partial charge in [-0.3, -0.25) is 9.88 Å². The van der Waals surface area contributed by atoms with Gasteiger partial charge in [0.25, 0.3) is 0 Å². The van der Waals surface area contributed by atoms with E-state index in [1.54, 1.807) is 6.20 Å². The summed E-state index contributed by atoms with van der Waals surface area (Å²) in [7, 11) is 0. The molecule has 0 amide bonds. The summed E-state index contributed by atoms with van der Waals surface area (Å²) in [4.78, 5) is 6.99. The van der Waals surface area contributed by atoms with Crippen molar-refractivity contribution in [1.82, 2.24) is 9.88 Å². The maximum atomic E-state index is 8.95. The average Bonchev–Trinajstić information content (AvgIpc) is 2.84. The molecule has 2 heterocycles. The minimum atomic E-state index is 0.283. The smallest absolute Gasteiger partial charge is 0.122 e. The van der Waals surface area contributed by atoms with Gasteiger partial charge < -0.3 is 10.8 Å². The van der Waals surface area contributed by atoms with Gasteiger partial charge in [0.15, 0.2) is 0 Å². The van der Waals surface area contributed by atoms with E-state index in [2.05, 4.69) is 9.88 Å². The molecule has 19 heavy (non-hydrogen) atoms. The first-order valence-corrected chi connectivity index (χ1v) is 7.21. The van der Waals surface area contributed by atoms with Gasteiger partial charge in [-0.05, 0) is 49.9 Å². The number of aliphatic hydroxyl groups is 1. The number of nitrogens with zero attached hydrogens (tertiary/aromatic N) is 2. The van der Waals surface area contributed by atoms with Crippen molar-refractivity contribution >= 4 is 17.2 Å². The molecular weight excluding hydrogens is 258 g/mol. The molecule has 0 aliphatic carbocycles. The van der Waals surface area contributed by atoms with Crippen LogP contribution in [0.1, 0.15) is 36.9 Å². The molecule has 0 radical (unpaired) electrons. The fraction of sp³-hybridized carbons (Fsp3) is 0.571. The highest BCUT2D eigenvalue weighted by Crippen LogP contribution is 2.23. The Balaban J connectivity index is 1.99. The quantitative estimate of drug-likeness (QED) is 0.772. The molecule has 3 N–H and O–H groups in total. The maximum absolute atomic E-state index is 8.95. The van der Waals surface area contributed by atoms with Crippen molar-refractivity contribution in [1.29, 1.82) is 0 Å². The van der Waals surface area contributed by atoms with Crippen molar-refractivity contribution in [3.05, 3.63) is 29.6 Å². The molecule has 2 rings (SSSR count). The molecule has 0 bridgehead atoms. The van der Waals surface area contributed by atoms with Crippen LogP contribution < -0.4 is 5.73 Å². The van der Waals surface area contributed by atoms with Crippen LogP contribution in [0, 0.1) is 0 Å². The van der Waals surface area contributed by atoms with Crippen LogP contribution in [0.5, 0.6) is 0 Å². The van der Waals surface area contributed by atoms with Crippen LogP contribution in [0.3, 0.4) is 0 Å². The minimum Gasteiger partial charge on any atom is -0.396 e. The van der Waals surface area contributed by atoms with E-state index in [0.29, 0.717) is 16.7 Å². The van der Waals surface area contributed by atoms with Crippen LogP contribution in [-0.4, -0.2) is 39.2 Å². The Morgan fingerprint density at radius 2 is 2.42 bits per heavy atom. The molecule has 1 fully saturated rings. The molecule has 1 aromatic heterocycles. The van der Waals surface area contributed by atoms with Gasteiger partial charge in [-0.15, -0.1) is 0 Å². The molecule has 5 heteroatoms. The standard InChI is InChI=1S/C14H21N3OS/c15-14(19)13-9-11(5-6-16-13)10-17-7-1-3-12(17)4-2-8-18/h5-6,9,12,18H,1-4,7-8,10H2,(H2,15,19). The summed E-state index contributed by atoms with van der Waals surface area (Å²) >= 11 is 4.96. The fourth-order valence-electron chi connectivity index (χ4n) is 2.70. The predicted molar refractivity (Wildman–Crippen MR) is 79.9 cm³/mol. The third kappa shape index (κ3) is 3.96. The average molecular weight is 279 g/mol. The van der Waals surface area contributed by atoms with Gasteiger partial charge in [0.2, 0.25) is 0 Å². The second-order valence-corrected chi connectivity index (χ2v) is 5.49. The third-order valence-corrected chi connectivity index (χ3v) is 3.87. The Bertz CT molecular complexity index is 438. The second-order valence-electron chi connectivity index (χ2n) is 5.05. The van der Waals surface area contributed by atoms with Crippen LogP contribution >= 0.6 is 12.2 Å². The molecule has 0 saturated carbocycles. The Hall–Kier alpha value is -1.04. The summed E-state index contributed by atoms with van der Waals surface area (Å²) in [5.74, 6) is 0. The number of pyridine rings is 1. The van der Waals surface area contributed by atoms with Gasteiger partial charge in [-0.2, -0.15) is 0 Å². The van der Waals surface area contributed by atoms with Crippen LogP contribution in [0.4, 0.5) is 0 Å². The van der Waals surface area contributed by atoms with E-state index in [9.17, 15) is 0 Å². The van der Waals surface area contributed by atoms with Crippen molar-refractivity contribution in [2.75, 3.05) is 13.2 Å². The number of thiocarbonyl (C=S) groups is 1. The molecule has 1 saturated heterocycles. The van der Waals surface area contributed by atoms with Crippen molar-refractivity contribution in [2.24, 2.45) is 5.73 Å². The summed E-state index contributed by atoms with van der Waals surface area (Å²) in [6.07, 6.45) is 6.19. The molecule has 4 nitrogen and oxygen atoms in total. The van der Waals surface area contributed by atoms with E-state index < -0.39 is 0 Å². The topological polar surface area (TPSA) is 62.4 Å². The zero-order chi connectivity index (χ0) is 13.7. The van der Waals surface area contributed by atoms with Crippen molar-refractivity contribution in [2.45, 2.75) is 38.3 Å². The number of hydrogen-bond donors (Lipinski definition) is 2. The Kier molecular flexibility index (Phi) is 5.24. The number of aliphatic hydroxyl groups excluding tert-OH is 1. The highest BCUT2D eigenvalue weighted by molar-refractivity contribution is 7.80. The third-order valence-electron chi connectivity index (χ3n) is 3.66. The lowest BCUT2D eigenvalue weighted by Crippen LogP contribution is -2.29. The monoisotopic (exact) mass is 279 g/mol. The highest BCUT2D eigenvalue weighted by atomic mass is 32.1. The van der Waals surface area contributed by atoms with Gasteiger partial charge in [-0.1, -0.05) is 12.2 Å². The van der Waals surface area contributed by atoms with Gasteiger partial charge in [0.1, 0.15) is 4.99 Å². The van der Waals surface area contributed by atoms with Crippen LogP contribution in [0.2, 0.25) is 0 Å². The van der Waals surface area contributed by atoms with Crippen molar-refractivity contribution < 1.29 is 5.11 Å². The molecule has 0 spiro atoms. The number of nitrogens with two attached hydrogens (primary N) is 1. The molecular formula is C14H21N3OS. The summed E-state index contributed by atoms with van der Waals surface area (Å²) in [5, 5.41) is 8.95. The zero-order valence-electron chi connectivity index (χ0n) is 11.1. The lowest BCUT2D eigenvalue weighted by atomic mass is 10.1. The predicted octanol–water partition coefficient (Wildman–Crippen LogP) is 1.45. The van der Waals surface area contributed by atoms with Crippen molar-refractivity contribution in [3.63, 3.8) is 0 Å². The van der Waals surface area contributed by atoms with Gasteiger partial charge >= 0.3 is 0 Å². The number of hydrogen-bond acceptors (Lipinski definition) is 4. The molecule has 104 valence electrons. The molecule has 0 aromatic carbocycles. The van der Waals surface area contributed by atoms with E-state index in [1.165, 1.54) is 18.4 Å². The number of likely N-dealkylation sites (tertiary alicyclic amines) is 1. The van der Waals surface area contributed by atoms with Gasteiger partial charge in [0, 0.05) is 25.4 Å². The Morgan fingerprint density at radius 3 is 3.16 bits per heavy atom. The normalized spacial score (nSPS) is 19.7. The first-order valence-electron chi connectivity index (χ1n) is 6.80. The lowest BCUT2D eigenvalue weighted by molar-refractivity contribution is 0.210. The second kappa shape index (κ2) is 6.93. The van der Waals surface area contributed by atoms with E-state index >= 15 is 0 Å². The summed E-state index contributed by atoms with van der Waals surface area (Å²) in [6.45, 7) is 2.32. The Labute approximate surface area is 119 Å². The molecule has 1 aromatic rings. The number of rotatable bonds is 6. The van der Waals surface area contributed by atoms with Crippen LogP contribution in [0.25, 0.3) is 0 Å². The first-order chi connectivity index (χ1) is 9.20. The summed E-state index contributed by atoms with van der Waals surface area (Å²) < 4.78 is 0. The fourth-order valence-corrected chi connectivity index (χ4v) is 2.81. The lowest BCUT2D eigenvalue weighted by Gasteiger charge is -2.24. The number of aromatic nitrogens is 1. The maximum Gasteiger partial charge on any atom is 0.122 e. The van der Waals surface area contributed by atoms with Crippen LogP contribution in [-0.2, 0) is 6.54 Å². The van der Waals surface area contributed by atoms with Gasteiger partial charge in [0.05, 0.1) is 5.69 Å². The van der Waals surface area contributed by atoms with Gasteiger partial charge in [-0.25, -0.2) is 0 Å². The highest BCUT2D eigenvalue weighted by Gasteiger charge is 2.23. The zero-order valence-corrected chi connectivity index (χ0v) is 11.9. The SMILES string of the molecule is NC(=S)c1cc(CN2CCCC2CCCO)ccn1. The largest absolute Gasteiger partial charge is 0.396 e. The first kappa shape index (κ1) is 14.4. The van der Waals surface area contributed by atoms with Crippen LogP contribution in [0.15, 0.2) is 18.3 Å². The molecule has 1 aliphatic rings. The van der Waals surface area contributed by atoms with E-state index in [1.807, 2.05) is 12.1 Å². The summed E-state index contributed by atoms with van der Waals surface area (Å²) in [6, 6.07) is 4.58. The van der Waals surface area contributed by atoms with E-state index in [0.717, 1.165) is 25.9 Å². The Morgan fingerprint density at radius 1 is 1.58 bits per heavy atom. The van der Waals surface area contributed by atoms with E-state index in [-0.39, 0.29) is 6.61 Å². The minimum absolute atomic E-state index is 0.283.